The number of likely N-dealkylation sites (N-methyl/N-ethyl adjacent to an activating group) is 1. The second kappa shape index (κ2) is 7.09. The number of aromatic nitrogens is 1. The van der Waals surface area contributed by atoms with Crippen LogP contribution in [-0.4, -0.2) is 28.7 Å². The Hall–Kier alpha value is -2.34. The Morgan fingerprint density at radius 3 is 2.82 bits per heavy atom. The highest BCUT2D eigenvalue weighted by Crippen LogP contribution is 2.15. The van der Waals surface area contributed by atoms with Gasteiger partial charge in [0.2, 0.25) is 5.91 Å². The molecule has 0 unspecified atom stereocenters. The molecule has 2 amide bonds. The Morgan fingerprint density at radius 1 is 1.41 bits per heavy atom. The molecule has 114 valence electrons. The second-order valence-corrected chi connectivity index (χ2v) is 5.70. The van der Waals surface area contributed by atoms with Crippen molar-refractivity contribution in [3.05, 3.63) is 64.9 Å². The number of carbonyl (C=O) groups is 2. The van der Waals surface area contributed by atoms with E-state index in [0.29, 0.717) is 17.9 Å². The molecule has 2 aromatic rings. The molecule has 1 aromatic heterocycles. The van der Waals surface area contributed by atoms with E-state index in [1.54, 1.807) is 30.3 Å². The van der Waals surface area contributed by atoms with Gasteiger partial charge < -0.3 is 15.2 Å². The summed E-state index contributed by atoms with van der Waals surface area (Å²) in [7, 11) is 1.70. The monoisotopic (exact) mass is 361 g/mol. The van der Waals surface area contributed by atoms with Gasteiger partial charge >= 0.3 is 0 Å². The Bertz CT molecular complexity index is 709. The average Bonchev–Trinajstić information content (AvgIpc) is 2.93. The molecule has 0 fully saturated rings. The van der Waals surface area contributed by atoms with Gasteiger partial charge in [0.1, 0.15) is 5.69 Å². The van der Waals surface area contributed by atoms with Crippen LogP contribution >= 0.6 is 15.9 Å². The smallest absolute Gasteiger partial charge is 0.272 e. The predicted octanol–water partition coefficient (Wildman–Crippen LogP) is 3.17. The largest absolute Gasteiger partial charge is 0.356 e. The number of anilines is 1. The zero-order chi connectivity index (χ0) is 16.1. The summed E-state index contributed by atoms with van der Waals surface area (Å²) < 4.78 is 0.816. The molecule has 0 spiro atoms. The Morgan fingerprint density at radius 2 is 2.18 bits per heavy atom. The Balaban J connectivity index is 2.06. The molecule has 0 radical (unpaired) electrons. The van der Waals surface area contributed by atoms with Crippen LogP contribution in [-0.2, 0) is 11.3 Å². The minimum absolute atomic E-state index is 0.148. The van der Waals surface area contributed by atoms with Gasteiger partial charge in [-0.2, -0.15) is 0 Å². The first-order valence-electron chi connectivity index (χ1n) is 6.61. The zero-order valence-corrected chi connectivity index (χ0v) is 13.7. The van der Waals surface area contributed by atoms with Gasteiger partial charge in [0, 0.05) is 29.9 Å². The summed E-state index contributed by atoms with van der Waals surface area (Å²) >= 11 is 3.29. The van der Waals surface area contributed by atoms with E-state index >= 15 is 0 Å². The number of hydrogen-bond donors (Lipinski definition) is 2. The summed E-state index contributed by atoms with van der Waals surface area (Å²) in [6, 6.07) is 9.07. The second-order valence-electron chi connectivity index (χ2n) is 4.78. The van der Waals surface area contributed by atoms with E-state index in [9.17, 15) is 9.59 Å². The molecular formula is C16H16BrN3O2. The molecule has 0 aliphatic carbocycles. The molecule has 22 heavy (non-hydrogen) atoms. The highest BCUT2D eigenvalue weighted by atomic mass is 79.9. The molecule has 6 heteroatoms. The van der Waals surface area contributed by atoms with E-state index < -0.39 is 0 Å². The van der Waals surface area contributed by atoms with Gasteiger partial charge in [0.05, 0.1) is 0 Å². The van der Waals surface area contributed by atoms with E-state index in [1.165, 1.54) is 6.08 Å². The summed E-state index contributed by atoms with van der Waals surface area (Å²) in [4.78, 5) is 28.0. The minimum atomic E-state index is -0.224. The topological polar surface area (TPSA) is 65.2 Å². The van der Waals surface area contributed by atoms with Crippen molar-refractivity contribution in [2.24, 2.45) is 0 Å². The molecular weight excluding hydrogens is 346 g/mol. The maximum Gasteiger partial charge on any atom is 0.272 e. The fourth-order valence-electron chi connectivity index (χ4n) is 1.95. The first-order valence-corrected chi connectivity index (χ1v) is 7.40. The van der Waals surface area contributed by atoms with E-state index in [-0.39, 0.29) is 11.8 Å². The van der Waals surface area contributed by atoms with E-state index in [1.807, 2.05) is 18.2 Å². The van der Waals surface area contributed by atoms with Crippen molar-refractivity contribution in [3.8, 4) is 0 Å². The highest BCUT2D eigenvalue weighted by molar-refractivity contribution is 9.10. The van der Waals surface area contributed by atoms with Gasteiger partial charge in [-0.1, -0.05) is 18.7 Å². The maximum atomic E-state index is 12.1. The molecule has 0 aliphatic heterocycles. The van der Waals surface area contributed by atoms with Crippen LogP contribution in [0.4, 0.5) is 5.69 Å². The lowest BCUT2D eigenvalue weighted by Gasteiger charge is -2.15. The minimum Gasteiger partial charge on any atom is -0.356 e. The zero-order valence-electron chi connectivity index (χ0n) is 12.1. The van der Waals surface area contributed by atoms with Gasteiger partial charge in [-0.25, -0.2) is 0 Å². The normalized spacial score (nSPS) is 10.1. The summed E-state index contributed by atoms with van der Waals surface area (Å²) in [5.74, 6) is -0.371. The third kappa shape index (κ3) is 4.08. The van der Waals surface area contributed by atoms with E-state index in [4.69, 9.17) is 0 Å². The number of carbonyl (C=O) groups excluding carboxylic acids is 2. The molecule has 0 atom stereocenters. The lowest BCUT2D eigenvalue weighted by molar-refractivity contribution is -0.125. The van der Waals surface area contributed by atoms with Crippen LogP contribution in [0, 0.1) is 0 Å². The van der Waals surface area contributed by atoms with Crippen molar-refractivity contribution < 1.29 is 9.59 Å². The number of nitrogens with zero attached hydrogens (tertiary/aromatic N) is 1. The van der Waals surface area contributed by atoms with Gasteiger partial charge in [-0.05, 0) is 45.8 Å². The number of rotatable bonds is 5. The summed E-state index contributed by atoms with van der Waals surface area (Å²) in [6.07, 6.45) is 2.97. The van der Waals surface area contributed by atoms with Crippen LogP contribution in [0.25, 0.3) is 0 Å². The highest BCUT2D eigenvalue weighted by Gasteiger charge is 2.09. The Kier molecular flexibility index (Phi) is 5.16. The van der Waals surface area contributed by atoms with Gasteiger partial charge in [-0.15, -0.1) is 0 Å². The van der Waals surface area contributed by atoms with Crippen LogP contribution < -0.4 is 5.32 Å². The molecule has 0 saturated heterocycles. The van der Waals surface area contributed by atoms with Crippen LogP contribution in [0.15, 0.2) is 53.7 Å². The molecule has 1 aromatic carbocycles. The fraction of sp³-hybridized carbons (Fsp3) is 0.125. The predicted molar refractivity (Wildman–Crippen MR) is 89.6 cm³/mol. The molecule has 1 heterocycles. The molecule has 2 rings (SSSR count). The van der Waals surface area contributed by atoms with Crippen LogP contribution in [0.3, 0.4) is 0 Å². The summed E-state index contributed by atoms with van der Waals surface area (Å²) in [5.41, 5.74) is 2.06. The number of amides is 2. The van der Waals surface area contributed by atoms with E-state index in [2.05, 4.69) is 32.8 Å². The van der Waals surface area contributed by atoms with E-state index in [0.717, 1.165) is 10.0 Å². The third-order valence-electron chi connectivity index (χ3n) is 3.05. The van der Waals surface area contributed by atoms with Crippen LogP contribution in [0.1, 0.15) is 16.1 Å². The first-order chi connectivity index (χ1) is 10.5. The number of benzene rings is 1. The summed E-state index contributed by atoms with van der Waals surface area (Å²) in [5, 5.41) is 2.81. The third-order valence-corrected chi connectivity index (χ3v) is 3.51. The molecule has 0 bridgehead atoms. The fourth-order valence-corrected chi connectivity index (χ4v) is 2.30. The first kappa shape index (κ1) is 16.0. The lowest BCUT2D eigenvalue weighted by atomic mass is 10.2. The number of halogens is 1. The Labute approximate surface area is 137 Å². The van der Waals surface area contributed by atoms with Crippen molar-refractivity contribution in [2.45, 2.75) is 6.54 Å². The average molecular weight is 362 g/mol. The van der Waals surface area contributed by atoms with Crippen LogP contribution in [0.5, 0.6) is 0 Å². The maximum absolute atomic E-state index is 12.1. The van der Waals surface area contributed by atoms with Crippen molar-refractivity contribution in [1.29, 1.82) is 0 Å². The van der Waals surface area contributed by atoms with Crippen LogP contribution in [0.2, 0.25) is 0 Å². The lowest BCUT2D eigenvalue weighted by Crippen LogP contribution is -2.24. The van der Waals surface area contributed by atoms with Crippen molar-refractivity contribution in [1.82, 2.24) is 9.88 Å². The molecule has 5 nitrogen and oxygen atoms in total. The van der Waals surface area contributed by atoms with Crippen molar-refractivity contribution >= 4 is 33.4 Å². The van der Waals surface area contributed by atoms with Crippen molar-refractivity contribution in [3.63, 3.8) is 0 Å². The number of H-pyrrole nitrogens is 1. The quantitative estimate of drug-likeness (QED) is 0.803. The number of hydrogen-bond acceptors (Lipinski definition) is 2. The summed E-state index contributed by atoms with van der Waals surface area (Å²) in [6.45, 7) is 3.91. The standard InChI is InChI=1S/C16H16BrN3O2/c1-3-15(21)20(2)10-11-5-4-6-13(7-11)19-16(22)14-8-12(17)9-18-14/h3-9,18H,1,10H2,2H3,(H,19,22). The molecule has 0 saturated carbocycles. The SMILES string of the molecule is C=CC(=O)N(C)Cc1cccc(NC(=O)c2cc(Br)c[nH]2)c1. The van der Waals surface area contributed by atoms with Gasteiger partial charge in [0.25, 0.3) is 5.91 Å². The van der Waals surface area contributed by atoms with Gasteiger partial charge in [-0.3, -0.25) is 9.59 Å². The number of aromatic amines is 1. The molecule has 0 aliphatic rings. The number of nitrogens with one attached hydrogen (secondary N) is 2. The van der Waals surface area contributed by atoms with Crippen molar-refractivity contribution in [2.75, 3.05) is 12.4 Å². The molecule has 2 N–H and O–H groups in total. The van der Waals surface area contributed by atoms with Gasteiger partial charge in [0.15, 0.2) is 0 Å².